The van der Waals surface area contributed by atoms with Crippen molar-refractivity contribution < 1.29 is 0 Å². The summed E-state index contributed by atoms with van der Waals surface area (Å²) in [6, 6.07) is 2.74. The van der Waals surface area contributed by atoms with Crippen LogP contribution in [0.4, 0.5) is 0 Å². The van der Waals surface area contributed by atoms with E-state index in [4.69, 9.17) is 0 Å². The second-order valence-corrected chi connectivity index (χ2v) is 6.52. The van der Waals surface area contributed by atoms with E-state index in [0.29, 0.717) is 0 Å². The minimum absolute atomic E-state index is 0.115. The molecule has 0 bridgehead atoms. The van der Waals surface area contributed by atoms with Gasteiger partial charge in [0.25, 0.3) is 0 Å². The van der Waals surface area contributed by atoms with Crippen molar-refractivity contribution in [2.24, 2.45) is 0 Å². The van der Waals surface area contributed by atoms with E-state index < -0.39 is 0 Å². The van der Waals surface area contributed by atoms with Gasteiger partial charge in [0.2, 0.25) is 0 Å². The van der Waals surface area contributed by atoms with Crippen LogP contribution in [-0.2, 0) is 0 Å². The maximum Gasteiger partial charge on any atom is 0.109 e. The number of nitrogens with zero attached hydrogens (tertiary/aromatic N) is 2. The Hall–Kier alpha value is -0.550. The highest BCUT2D eigenvalue weighted by molar-refractivity contribution is 5.09. The lowest BCUT2D eigenvalue weighted by molar-refractivity contribution is 0.142. The van der Waals surface area contributed by atoms with E-state index in [1.165, 1.54) is 70.6 Å². The Morgan fingerprint density at radius 1 is 0.632 bits per heavy atom. The second-order valence-electron chi connectivity index (χ2n) is 6.52. The van der Waals surface area contributed by atoms with Crippen LogP contribution in [0.5, 0.6) is 0 Å². The van der Waals surface area contributed by atoms with Crippen LogP contribution in [0.2, 0.25) is 0 Å². The predicted octanol–water partition coefficient (Wildman–Crippen LogP) is 4.65. The van der Waals surface area contributed by atoms with Gasteiger partial charge in [-0.05, 0) is 38.8 Å². The highest BCUT2D eigenvalue weighted by Crippen LogP contribution is 2.32. The van der Waals surface area contributed by atoms with Gasteiger partial charge in [-0.3, -0.25) is 4.90 Å². The normalized spacial score (nSPS) is 27.1. The fourth-order valence-corrected chi connectivity index (χ4v) is 3.84. The van der Waals surface area contributed by atoms with Crippen molar-refractivity contribution in [3.8, 4) is 6.07 Å². The first-order valence-electron chi connectivity index (χ1n) is 8.54. The van der Waals surface area contributed by atoms with Gasteiger partial charge in [-0.25, -0.2) is 0 Å². The lowest BCUT2D eigenvalue weighted by Gasteiger charge is -2.36. The van der Waals surface area contributed by atoms with Crippen molar-refractivity contribution in [1.82, 2.24) is 4.90 Å². The summed E-state index contributed by atoms with van der Waals surface area (Å²) in [4.78, 5) is 2.51. The molecule has 0 N–H and O–H groups in total. The van der Waals surface area contributed by atoms with Gasteiger partial charge in [-0.1, -0.05) is 57.8 Å². The molecule has 1 aliphatic carbocycles. The number of hydrogen-bond donors (Lipinski definition) is 0. The molecule has 2 fully saturated rings. The maximum absolute atomic E-state index is 9.82. The number of nitriles is 1. The van der Waals surface area contributed by atoms with Crippen LogP contribution < -0.4 is 0 Å². The molecule has 19 heavy (non-hydrogen) atoms. The van der Waals surface area contributed by atoms with Crippen LogP contribution in [0.15, 0.2) is 0 Å². The third-order valence-electron chi connectivity index (χ3n) is 5.10. The van der Waals surface area contributed by atoms with Crippen molar-refractivity contribution in [2.75, 3.05) is 13.1 Å². The fourth-order valence-electron chi connectivity index (χ4n) is 3.84. The van der Waals surface area contributed by atoms with E-state index >= 15 is 0 Å². The Morgan fingerprint density at radius 3 is 1.47 bits per heavy atom. The monoisotopic (exact) mass is 262 g/mol. The highest BCUT2D eigenvalue weighted by Gasteiger charge is 2.37. The van der Waals surface area contributed by atoms with E-state index in [9.17, 15) is 5.26 Å². The zero-order valence-electron chi connectivity index (χ0n) is 12.5. The zero-order valence-corrected chi connectivity index (χ0v) is 12.5. The van der Waals surface area contributed by atoms with Gasteiger partial charge in [0.1, 0.15) is 5.54 Å². The van der Waals surface area contributed by atoms with Crippen molar-refractivity contribution in [2.45, 2.75) is 89.0 Å². The molecule has 1 heterocycles. The SMILES string of the molecule is N#CC1(N2CCCC2)CCCCCCCCCCC1. The molecule has 0 atom stereocenters. The van der Waals surface area contributed by atoms with Crippen LogP contribution >= 0.6 is 0 Å². The molecule has 2 nitrogen and oxygen atoms in total. The zero-order chi connectivity index (χ0) is 13.4. The first-order valence-corrected chi connectivity index (χ1v) is 8.54. The number of likely N-dealkylation sites (tertiary alicyclic amines) is 1. The average molecular weight is 262 g/mol. The summed E-state index contributed by atoms with van der Waals surface area (Å²) >= 11 is 0. The first kappa shape index (κ1) is 14.9. The van der Waals surface area contributed by atoms with Gasteiger partial charge in [-0.15, -0.1) is 0 Å². The molecule has 1 aliphatic heterocycles. The Morgan fingerprint density at radius 2 is 1.05 bits per heavy atom. The van der Waals surface area contributed by atoms with Crippen LogP contribution in [0.3, 0.4) is 0 Å². The van der Waals surface area contributed by atoms with Crippen molar-refractivity contribution in [1.29, 1.82) is 5.26 Å². The van der Waals surface area contributed by atoms with Crippen LogP contribution in [-0.4, -0.2) is 23.5 Å². The summed E-state index contributed by atoms with van der Waals surface area (Å²) in [7, 11) is 0. The molecular formula is C17H30N2. The van der Waals surface area contributed by atoms with E-state index in [1.54, 1.807) is 0 Å². The van der Waals surface area contributed by atoms with Crippen LogP contribution in [0.1, 0.15) is 83.5 Å². The van der Waals surface area contributed by atoms with Crippen LogP contribution in [0, 0.1) is 11.3 Å². The van der Waals surface area contributed by atoms with E-state index in [-0.39, 0.29) is 5.54 Å². The van der Waals surface area contributed by atoms with Gasteiger partial charge in [0, 0.05) is 0 Å². The molecule has 0 amide bonds. The molecule has 108 valence electrons. The first-order chi connectivity index (χ1) is 9.37. The summed E-state index contributed by atoms with van der Waals surface area (Å²) in [5.74, 6) is 0. The second kappa shape index (κ2) is 7.90. The van der Waals surface area contributed by atoms with Gasteiger partial charge in [0.05, 0.1) is 6.07 Å². The summed E-state index contributed by atoms with van der Waals surface area (Å²) in [6.45, 7) is 2.32. The average Bonchev–Trinajstić information content (AvgIpc) is 2.94. The Balaban J connectivity index is 1.97. The standard InChI is InChI=1S/C17H30N2/c18-16-17(19-14-10-11-15-19)12-8-6-4-2-1-3-5-7-9-13-17/h1-15H2. The molecular weight excluding hydrogens is 232 g/mol. The molecule has 0 aromatic rings. The van der Waals surface area contributed by atoms with Crippen molar-refractivity contribution >= 4 is 0 Å². The molecule has 0 radical (unpaired) electrons. The van der Waals surface area contributed by atoms with Gasteiger partial charge >= 0.3 is 0 Å². The minimum Gasteiger partial charge on any atom is -0.286 e. The summed E-state index contributed by atoms with van der Waals surface area (Å²) in [6.07, 6.45) is 17.0. The number of hydrogen-bond acceptors (Lipinski definition) is 2. The summed E-state index contributed by atoms with van der Waals surface area (Å²) in [5.41, 5.74) is -0.115. The fraction of sp³-hybridized carbons (Fsp3) is 0.941. The molecule has 0 unspecified atom stereocenters. The minimum atomic E-state index is -0.115. The lowest BCUT2D eigenvalue weighted by Crippen LogP contribution is -2.46. The van der Waals surface area contributed by atoms with E-state index in [1.807, 2.05) is 0 Å². The predicted molar refractivity (Wildman–Crippen MR) is 79.9 cm³/mol. The maximum atomic E-state index is 9.82. The molecule has 2 heteroatoms. The summed E-state index contributed by atoms with van der Waals surface area (Å²) < 4.78 is 0. The van der Waals surface area contributed by atoms with Gasteiger partial charge < -0.3 is 0 Å². The Bertz CT molecular complexity index is 274. The summed E-state index contributed by atoms with van der Waals surface area (Å²) in [5, 5.41) is 9.82. The molecule has 0 spiro atoms. The Labute approximate surface area is 119 Å². The van der Waals surface area contributed by atoms with E-state index in [2.05, 4.69) is 11.0 Å². The molecule has 2 rings (SSSR count). The number of rotatable bonds is 1. The molecule has 2 aliphatic rings. The quantitative estimate of drug-likeness (QED) is 0.688. The Kier molecular flexibility index (Phi) is 6.17. The van der Waals surface area contributed by atoms with Crippen LogP contribution in [0.25, 0.3) is 0 Å². The smallest absolute Gasteiger partial charge is 0.109 e. The third-order valence-corrected chi connectivity index (χ3v) is 5.10. The van der Waals surface area contributed by atoms with Gasteiger partial charge in [-0.2, -0.15) is 5.26 Å². The van der Waals surface area contributed by atoms with Gasteiger partial charge in [0.15, 0.2) is 0 Å². The highest BCUT2D eigenvalue weighted by atomic mass is 15.2. The third kappa shape index (κ3) is 4.21. The largest absolute Gasteiger partial charge is 0.286 e. The lowest BCUT2D eigenvalue weighted by atomic mass is 9.85. The molecule has 1 saturated heterocycles. The van der Waals surface area contributed by atoms with Crippen molar-refractivity contribution in [3.63, 3.8) is 0 Å². The topological polar surface area (TPSA) is 27.0 Å². The van der Waals surface area contributed by atoms with E-state index in [0.717, 1.165) is 25.9 Å². The molecule has 0 aromatic carbocycles. The molecule has 0 aromatic heterocycles. The molecule has 1 saturated carbocycles. The van der Waals surface area contributed by atoms with Crippen molar-refractivity contribution in [3.05, 3.63) is 0 Å².